The van der Waals surface area contributed by atoms with Crippen molar-refractivity contribution in [2.24, 2.45) is 0 Å². The zero-order valence-electron chi connectivity index (χ0n) is 19.9. The molecule has 1 aliphatic heterocycles. The minimum atomic E-state index is -0.200. The van der Waals surface area contributed by atoms with Crippen LogP contribution in [0.4, 0.5) is 5.69 Å². The minimum absolute atomic E-state index is 0.0110. The number of benzene rings is 1. The van der Waals surface area contributed by atoms with Crippen molar-refractivity contribution in [2.75, 3.05) is 17.3 Å². The van der Waals surface area contributed by atoms with Gasteiger partial charge in [-0.1, -0.05) is 30.4 Å². The second kappa shape index (κ2) is 9.53. The molecule has 5 rings (SSSR count). The van der Waals surface area contributed by atoms with Crippen LogP contribution < -0.4 is 5.32 Å². The lowest BCUT2D eigenvalue weighted by Crippen LogP contribution is -2.33. The number of Topliss-reactive ketones (excluding diaryl/α,β-unsaturated/α-hetero) is 1. The number of ether oxygens (including phenoxy) is 1. The number of nitrogens with one attached hydrogen (secondary N) is 1. The SMILES string of the molecule is CC[C@]1(C)Cc2c(sc3nc(SC)n4c(SCC(=O)Nc5ccc(C(C)=O)cc5)nnc4c23)CO1. The summed E-state index contributed by atoms with van der Waals surface area (Å²) >= 11 is 4.52. The van der Waals surface area contributed by atoms with Gasteiger partial charge in [-0.25, -0.2) is 9.38 Å². The van der Waals surface area contributed by atoms with Crippen molar-refractivity contribution in [1.82, 2.24) is 19.6 Å². The number of hydrogen-bond donors (Lipinski definition) is 1. The highest BCUT2D eigenvalue weighted by Crippen LogP contribution is 2.42. The third-order valence-electron chi connectivity index (χ3n) is 6.26. The fraction of sp³-hybridized carbons (Fsp3) is 0.375. The van der Waals surface area contributed by atoms with E-state index >= 15 is 0 Å². The van der Waals surface area contributed by atoms with Gasteiger partial charge in [0.15, 0.2) is 21.7 Å². The van der Waals surface area contributed by atoms with Gasteiger partial charge in [0.2, 0.25) is 5.91 Å². The average Bonchev–Trinajstić information content (AvgIpc) is 3.43. The topological polar surface area (TPSA) is 98.5 Å². The summed E-state index contributed by atoms with van der Waals surface area (Å²) in [6.45, 7) is 6.40. The van der Waals surface area contributed by atoms with Crippen LogP contribution in [0.3, 0.4) is 0 Å². The van der Waals surface area contributed by atoms with Gasteiger partial charge in [0.25, 0.3) is 0 Å². The number of aromatic nitrogens is 4. The molecule has 0 spiro atoms. The van der Waals surface area contributed by atoms with Crippen molar-refractivity contribution in [3.05, 3.63) is 40.3 Å². The Bertz CT molecular complexity index is 1450. The normalized spacial score (nSPS) is 17.6. The molecule has 0 saturated carbocycles. The fourth-order valence-corrected chi connectivity index (χ4v) is 6.57. The molecule has 0 unspecified atom stereocenters. The maximum absolute atomic E-state index is 12.6. The molecule has 1 aromatic carbocycles. The zero-order valence-corrected chi connectivity index (χ0v) is 22.3. The summed E-state index contributed by atoms with van der Waals surface area (Å²) in [5.41, 5.74) is 3.08. The number of ketones is 1. The van der Waals surface area contributed by atoms with Gasteiger partial charge in [0.05, 0.1) is 23.3 Å². The van der Waals surface area contributed by atoms with Gasteiger partial charge < -0.3 is 10.1 Å². The van der Waals surface area contributed by atoms with Gasteiger partial charge in [0, 0.05) is 22.5 Å². The molecule has 0 radical (unpaired) electrons. The van der Waals surface area contributed by atoms with Crippen LogP contribution in [0.1, 0.15) is 48.0 Å². The van der Waals surface area contributed by atoms with Gasteiger partial charge >= 0.3 is 0 Å². The van der Waals surface area contributed by atoms with Crippen molar-refractivity contribution >= 4 is 68.1 Å². The smallest absolute Gasteiger partial charge is 0.234 e. The van der Waals surface area contributed by atoms with E-state index in [4.69, 9.17) is 9.72 Å². The monoisotopic (exact) mass is 527 g/mol. The van der Waals surface area contributed by atoms with Crippen molar-refractivity contribution in [1.29, 1.82) is 0 Å². The Hall–Kier alpha value is -2.47. The van der Waals surface area contributed by atoms with E-state index in [2.05, 4.69) is 29.4 Å². The molecule has 1 N–H and O–H groups in total. The second-order valence-corrected chi connectivity index (χ2v) is 11.5. The van der Waals surface area contributed by atoms with E-state index in [1.165, 1.54) is 40.9 Å². The van der Waals surface area contributed by atoms with Gasteiger partial charge in [0.1, 0.15) is 4.83 Å². The van der Waals surface area contributed by atoms with Crippen LogP contribution in [0, 0.1) is 0 Å². The molecule has 4 heterocycles. The standard InChI is InChI=1S/C24H25N5O3S3/c1-5-24(3)10-16-17(11-32-24)35-21-19(16)20-27-28-23(29(20)22(26-21)33-4)34-12-18(31)25-15-8-6-14(7-9-15)13(2)30/h6-9H,5,10-12H2,1-4H3,(H,25,31)/t24-/m1/s1. The van der Waals surface area contributed by atoms with E-state index in [0.717, 1.165) is 33.9 Å². The summed E-state index contributed by atoms with van der Waals surface area (Å²) in [5, 5.41) is 14.3. The Morgan fingerprint density at radius 3 is 2.69 bits per heavy atom. The highest BCUT2D eigenvalue weighted by atomic mass is 32.2. The van der Waals surface area contributed by atoms with Crippen LogP contribution in [0.2, 0.25) is 0 Å². The molecule has 11 heteroatoms. The van der Waals surface area contributed by atoms with Crippen molar-refractivity contribution in [3.63, 3.8) is 0 Å². The molecule has 1 amide bonds. The third-order valence-corrected chi connectivity index (χ3v) is 8.93. The number of carbonyl (C=O) groups is 2. The lowest BCUT2D eigenvalue weighted by atomic mass is 9.90. The van der Waals surface area contributed by atoms with Crippen LogP contribution in [-0.2, 0) is 22.6 Å². The van der Waals surface area contributed by atoms with Crippen LogP contribution in [0.25, 0.3) is 15.9 Å². The van der Waals surface area contributed by atoms with Crippen molar-refractivity contribution in [3.8, 4) is 0 Å². The van der Waals surface area contributed by atoms with E-state index in [9.17, 15) is 9.59 Å². The molecular formula is C24H25N5O3S3. The molecule has 4 aromatic rings. The lowest BCUT2D eigenvalue weighted by molar-refractivity contribution is -0.113. The molecule has 1 atom stereocenters. The molecule has 0 aliphatic carbocycles. The first-order valence-electron chi connectivity index (χ1n) is 11.2. The third kappa shape index (κ3) is 4.57. The molecule has 182 valence electrons. The van der Waals surface area contributed by atoms with E-state index in [0.29, 0.717) is 23.0 Å². The number of thioether (sulfide) groups is 2. The number of nitrogens with zero attached hydrogens (tertiary/aromatic N) is 4. The number of fused-ring (bicyclic) bond motifs is 5. The highest BCUT2D eigenvalue weighted by molar-refractivity contribution is 8.00. The Balaban J connectivity index is 1.42. The summed E-state index contributed by atoms with van der Waals surface area (Å²) in [4.78, 5) is 31.1. The quantitative estimate of drug-likeness (QED) is 0.198. The number of thiophene rings is 1. The molecule has 0 saturated heterocycles. The predicted molar refractivity (Wildman–Crippen MR) is 141 cm³/mol. The largest absolute Gasteiger partial charge is 0.369 e. The van der Waals surface area contributed by atoms with Crippen LogP contribution in [0.15, 0.2) is 34.6 Å². The van der Waals surface area contributed by atoms with Crippen LogP contribution >= 0.6 is 34.9 Å². The summed E-state index contributed by atoms with van der Waals surface area (Å²) in [6.07, 6.45) is 3.72. The maximum Gasteiger partial charge on any atom is 0.234 e. The van der Waals surface area contributed by atoms with Gasteiger partial charge in [-0.3, -0.25) is 9.59 Å². The first-order chi connectivity index (χ1) is 16.8. The Morgan fingerprint density at radius 1 is 1.23 bits per heavy atom. The molecule has 8 nitrogen and oxygen atoms in total. The lowest BCUT2D eigenvalue weighted by Gasteiger charge is -2.32. The fourth-order valence-electron chi connectivity index (χ4n) is 4.09. The number of anilines is 1. The number of rotatable bonds is 7. The van der Waals surface area contributed by atoms with E-state index in [1.54, 1.807) is 35.6 Å². The van der Waals surface area contributed by atoms with E-state index in [-0.39, 0.29) is 23.0 Å². The van der Waals surface area contributed by atoms with E-state index in [1.807, 2.05) is 10.7 Å². The van der Waals surface area contributed by atoms with Crippen LogP contribution in [0.5, 0.6) is 0 Å². The Labute approximate surface area is 215 Å². The first kappa shape index (κ1) is 24.2. The number of hydrogen-bond acceptors (Lipinski definition) is 9. The molecular weight excluding hydrogens is 502 g/mol. The van der Waals surface area contributed by atoms with Gasteiger partial charge in [-0.05, 0) is 56.4 Å². The maximum atomic E-state index is 12.6. The molecule has 1 aliphatic rings. The number of amides is 1. The van der Waals surface area contributed by atoms with Gasteiger partial charge in [-0.15, -0.1) is 21.5 Å². The Morgan fingerprint density at radius 2 is 2.00 bits per heavy atom. The summed E-state index contributed by atoms with van der Waals surface area (Å²) in [6, 6.07) is 6.86. The van der Waals surface area contributed by atoms with Crippen molar-refractivity contribution in [2.45, 2.75) is 56.1 Å². The summed E-state index contributed by atoms with van der Waals surface area (Å²) in [5.74, 6) is -0.000986. The molecule has 0 bridgehead atoms. The second-order valence-electron chi connectivity index (χ2n) is 8.66. The first-order valence-corrected chi connectivity index (χ1v) is 14.3. The highest BCUT2D eigenvalue weighted by Gasteiger charge is 2.33. The van der Waals surface area contributed by atoms with Gasteiger partial charge in [-0.2, -0.15) is 0 Å². The molecule has 35 heavy (non-hydrogen) atoms. The van der Waals surface area contributed by atoms with Crippen molar-refractivity contribution < 1.29 is 14.3 Å². The number of carbonyl (C=O) groups excluding carboxylic acids is 2. The Kier molecular flexibility index (Phi) is 6.60. The van der Waals surface area contributed by atoms with Crippen LogP contribution in [-0.4, -0.2) is 48.9 Å². The molecule has 0 fully saturated rings. The molecule has 3 aromatic heterocycles. The van der Waals surface area contributed by atoms with E-state index < -0.39 is 0 Å². The summed E-state index contributed by atoms with van der Waals surface area (Å²) in [7, 11) is 0. The summed E-state index contributed by atoms with van der Waals surface area (Å²) < 4.78 is 8.10. The zero-order chi connectivity index (χ0) is 24.7. The predicted octanol–water partition coefficient (Wildman–Crippen LogP) is 5.24. The minimum Gasteiger partial charge on any atom is -0.369 e. The average molecular weight is 528 g/mol.